The van der Waals surface area contributed by atoms with Gasteiger partial charge in [-0.2, -0.15) is 0 Å². The third-order valence-electron chi connectivity index (χ3n) is 5.00. The highest BCUT2D eigenvalue weighted by Crippen LogP contribution is 2.22. The average Bonchev–Trinajstić information content (AvgIpc) is 2.69. The van der Waals surface area contributed by atoms with Crippen molar-refractivity contribution in [3.05, 3.63) is 59.1 Å². The quantitative estimate of drug-likeness (QED) is 0.744. The van der Waals surface area contributed by atoms with Gasteiger partial charge in [0.2, 0.25) is 5.91 Å². The first kappa shape index (κ1) is 19.7. The molecular weight excluding hydrogens is 358 g/mol. The highest BCUT2D eigenvalue weighted by molar-refractivity contribution is 6.31. The summed E-state index contributed by atoms with van der Waals surface area (Å²) in [6.45, 7) is 7.01. The van der Waals surface area contributed by atoms with Crippen LogP contribution in [-0.2, 0) is 11.3 Å². The fourth-order valence-electron chi connectivity index (χ4n) is 3.35. The molecule has 27 heavy (non-hydrogen) atoms. The van der Waals surface area contributed by atoms with Crippen LogP contribution < -0.4 is 10.2 Å². The van der Waals surface area contributed by atoms with Crippen molar-refractivity contribution in [3.8, 4) is 0 Å². The van der Waals surface area contributed by atoms with Crippen molar-refractivity contribution in [2.75, 3.05) is 36.4 Å². The molecule has 0 bridgehead atoms. The first-order valence-corrected chi connectivity index (χ1v) is 10.1. The Morgan fingerprint density at radius 1 is 1.04 bits per heavy atom. The van der Waals surface area contributed by atoms with E-state index in [-0.39, 0.29) is 5.91 Å². The van der Waals surface area contributed by atoms with Crippen LogP contribution in [0.4, 0.5) is 11.4 Å². The molecule has 144 valence electrons. The number of benzene rings is 2. The third kappa shape index (κ3) is 5.72. The zero-order valence-corrected chi connectivity index (χ0v) is 16.7. The van der Waals surface area contributed by atoms with Gasteiger partial charge in [0.15, 0.2) is 0 Å². The molecule has 0 aromatic heterocycles. The number of carbonyl (C=O) groups is 1. The minimum Gasteiger partial charge on any atom is -0.369 e. The molecular formula is C22H28ClN3O. The van der Waals surface area contributed by atoms with Gasteiger partial charge in [-0.25, -0.2) is 0 Å². The summed E-state index contributed by atoms with van der Waals surface area (Å²) < 4.78 is 0. The van der Waals surface area contributed by atoms with Gasteiger partial charge in [0, 0.05) is 55.5 Å². The first-order valence-electron chi connectivity index (χ1n) is 9.76. The van der Waals surface area contributed by atoms with Gasteiger partial charge in [0.25, 0.3) is 0 Å². The van der Waals surface area contributed by atoms with Crippen LogP contribution in [0.1, 0.15) is 31.7 Å². The van der Waals surface area contributed by atoms with Crippen molar-refractivity contribution in [1.29, 1.82) is 0 Å². The van der Waals surface area contributed by atoms with Crippen LogP contribution in [0.2, 0.25) is 5.02 Å². The molecule has 1 aliphatic heterocycles. The lowest BCUT2D eigenvalue weighted by Crippen LogP contribution is -2.46. The summed E-state index contributed by atoms with van der Waals surface area (Å²) in [6, 6.07) is 16.3. The maximum absolute atomic E-state index is 11.8. The lowest BCUT2D eigenvalue weighted by Gasteiger charge is -2.36. The minimum atomic E-state index is 0.0952. The number of rotatable bonds is 7. The van der Waals surface area contributed by atoms with Crippen LogP contribution >= 0.6 is 11.6 Å². The standard InChI is InChI=1S/C22H28ClN3O/c1-2-3-8-22(27)24-19-9-11-20(12-10-19)26-15-13-25(14-16-26)17-18-6-4-5-7-21(18)23/h4-7,9-12H,2-3,8,13-17H2,1H3,(H,24,27). The lowest BCUT2D eigenvalue weighted by molar-refractivity contribution is -0.116. The second-order valence-corrected chi connectivity index (χ2v) is 7.46. The van der Waals surface area contributed by atoms with Crippen molar-refractivity contribution in [2.45, 2.75) is 32.7 Å². The van der Waals surface area contributed by atoms with Gasteiger partial charge in [0.1, 0.15) is 0 Å². The number of amides is 1. The Morgan fingerprint density at radius 2 is 1.74 bits per heavy atom. The van der Waals surface area contributed by atoms with Crippen molar-refractivity contribution < 1.29 is 4.79 Å². The molecule has 0 atom stereocenters. The average molecular weight is 386 g/mol. The van der Waals surface area contributed by atoms with E-state index in [9.17, 15) is 4.79 Å². The van der Waals surface area contributed by atoms with Gasteiger partial charge in [-0.15, -0.1) is 0 Å². The van der Waals surface area contributed by atoms with Gasteiger partial charge in [-0.1, -0.05) is 43.1 Å². The number of carbonyl (C=O) groups excluding carboxylic acids is 1. The van der Waals surface area contributed by atoms with Crippen LogP contribution in [0.3, 0.4) is 0 Å². The molecule has 0 unspecified atom stereocenters. The zero-order valence-electron chi connectivity index (χ0n) is 16.0. The van der Waals surface area contributed by atoms with Gasteiger partial charge in [0.05, 0.1) is 0 Å². The maximum atomic E-state index is 11.8. The minimum absolute atomic E-state index is 0.0952. The monoisotopic (exact) mass is 385 g/mol. The Kier molecular flexibility index (Phi) is 7.13. The second-order valence-electron chi connectivity index (χ2n) is 7.05. The molecule has 2 aromatic rings. The highest BCUT2D eigenvalue weighted by atomic mass is 35.5. The molecule has 1 N–H and O–H groups in total. The Hall–Kier alpha value is -2.04. The van der Waals surface area contributed by atoms with E-state index in [4.69, 9.17) is 11.6 Å². The number of nitrogens with zero attached hydrogens (tertiary/aromatic N) is 2. The third-order valence-corrected chi connectivity index (χ3v) is 5.37. The number of hydrogen-bond donors (Lipinski definition) is 1. The largest absolute Gasteiger partial charge is 0.369 e. The van der Waals surface area contributed by atoms with Crippen LogP contribution in [0.25, 0.3) is 0 Å². The predicted octanol–water partition coefficient (Wildman–Crippen LogP) is 4.79. The molecule has 0 spiro atoms. The zero-order chi connectivity index (χ0) is 19.1. The molecule has 5 heteroatoms. The van der Waals surface area contributed by atoms with Crippen LogP contribution in [0, 0.1) is 0 Å². The van der Waals surface area contributed by atoms with Gasteiger partial charge in [-0.05, 0) is 42.3 Å². The highest BCUT2D eigenvalue weighted by Gasteiger charge is 2.18. The molecule has 0 aliphatic carbocycles. The smallest absolute Gasteiger partial charge is 0.224 e. The molecule has 3 rings (SSSR count). The number of nitrogens with one attached hydrogen (secondary N) is 1. The number of unbranched alkanes of at least 4 members (excludes halogenated alkanes) is 1. The summed E-state index contributed by atoms with van der Waals surface area (Å²) >= 11 is 6.28. The maximum Gasteiger partial charge on any atom is 0.224 e. The normalized spacial score (nSPS) is 15.0. The fraction of sp³-hybridized carbons (Fsp3) is 0.409. The second kappa shape index (κ2) is 9.77. The first-order chi connectivity index (χ1) is 13.2. The van der Waals surface area contributed by atoms with E-state index >= 15 is 0 Å². The topological polar surface area (TPSA) is 35.6 Å². The summed E-state index contributed by atoms with van der Waals surface area (Å²) in [6.07, 6.45) is 2.56. The fourth-order valence-corrected chi connectivity index (χ4v) is 3.54. The van der Waals surface area contributed by atoms with E-state index in [1.165, 1.54) is 11.3 Å². The molecule has 1 amide bonds. The van der Waals surface area contributed by atoms with Crippen molar-refractivity contribution in [1.82, 2.24) is 4.90 Å². The number of piperazine rings is 1. The van der Waals surface area contributed by atoms with Gasteiger partial charge >= 0.3 is 0 Å². The molecule has 1 fully saturated rings. The van der Waals surface area contributed by atoms with E-state index in [0.717, 1.165) is 56.3 Å². The molecule has 0 saturated carbocycles. The Balaban J connectivity index is 1.49. The molecule has 4 nitrogen and oxygen atoms in total. The number of halogens is 1. The summed E-state index contributed by atoms with van der Waals surface area (Å²) in [5.74, 6) is 0.0952. The van der Waals surface area contributed by atoms with Crippen molar-refractivity contribution in [3.63, 3.8) is 0 Å². The molecule has 1 saturated heterocycles. The van der Waals surface area contributed by atoms with E-state index in [1.807, 2.05) is 30.3 Å². The number of anilines is 2. The molecule has 1 aliphatic rings. The summed E-state index contributed by atoms with van der Waals surface area (Å²) in [5.41, 5.74) is 3.27. The predicted molar refractivity (Wildman–Crippen MR) is 114 cm³/mol. The van der Waals surface area contributed by atoms with Crippen LogP contribution in [0.5, 0.6) is 0 Å². The Morgan fingerprint density at radius 3 is 2.41 bits per heavy atom. The van der Waals surface area contributed by atoms with E-state index in [2.05, 4.69) is 40.2 Å². The van der Waals surface area contributed by atoms with E-state index < -0.39 is 0 Å². The molecule has 0 radical (unpaired) electrons. The SMILES string of the molecule is CCCCC(=O)Nc1ccc(N2CCN(Cc3ccccc3Cl)CC2)cc1. The Bertz CT molecular complexity index is 739. The van der Waals surface area contributed by atoms with E-state index in [0.29, 0.717) is 6.42 Å². The van der Waals surface area contributed by atoms with Gasteiger partial charge < -0.3 is 10.2 Å². The lowest BCUT2D eigenvalue weighted by atomic mass is 10.2. The van der Waals surface area contributed by atoms with E-state index in [1.54, 1.807) is 0 Å². The van der Waals surface area contributed by atoms with Crippen molar-refractivity contribution in [2.24, 2.45) is 0 Å². The van der Waals surface area contributed by atoms with Crippen LogP contribution in [0.15, 0.2) is 48.5 Å². The van der Waals surface area contributed by atoms with Gasteiger partial charge in [-0.3, -0.25) is 9.69 Å². The summed E-state index contributed by atoms with van der Waals surface area (Å²) in [7, 11) is 0. The molecule has 2 aromatic carbocycles. The molecule has 1 heterocycles. The number of hydrogen-bond acceptors (Lipinski definition) is 3. The summed E-state index contributed by atoms with van der Waals surface area (Å²) in [4.78, 5) is 16.7. The Labute approximate surface area is 167 Å². The van der Waals surface area contributed by atoms with Crippen molar-refractivity contribution >= 4 is 28.9 Å². The van der Waals surface area contributed by atoms with Crippen LogP contribution in [-0.4, -0.2) is 37.0 Å². The summed E-state index contributed by atoms with van der Waals surface area (Å²) in [5, 5.41) is 3.81.